The number of thiazole rings is 1. The van der Waals surface area contributed by atoms with Crippen LogP contribution >= 0.6 is 11.3 Å². The molecular weight excluding hydrogens is 358 g/mol. The van der Waals surface area contributed by atoms with E-state index in [0.717, 1.165) is 33.3 Å². The molecule has 0 radical (unpaired) electrons. The van der Waals surface area contributed by atoms with Crippen molar-refractivity contribution in [1.82, 2.24) is 10.3 Å². The van der Waals surface area contributed by atoms with E-state index >= 15 is 0 Å². The van der Waals surface area contributed by atoms with Gasteiger partial charge in [-0.2, -0.15) is 0 Å². The van der Waals surface area contributed by atoms with Crippen LogP contribution in [0.25, 0.3) is 10.4 Å². The normalized spacial score (nSPS) is 13.7. The van der Waals surface area contributed by atoms with Crippen LogP contribution in [0.4, 0.5) is 10.5 Å². The number of rotatable bonds is 5. The third-order valence-electron chi connectivity index (χ3n) is 4.77. The lowest BCUT2D eigenvalue weighted by Crippen LogP contribution is -2.27. The van der Waals surface area contributed by atoms with Crippen molar-refractivity contribution in [3.63, 3.8) is 0 Å². The Kier molecular flexibility index (Phi) is 4.81. The Balaban J connectivity index is 1.52. The smallest absolute Gasteiger partial charge is 0.321 e. The lowest BCUT2D eigenvalue weighted by atomic mass is 10.1. The van der Waals surface area contributed by atoms with E-state index < -0.39 is 0 Å². The average molecular weight is 379 g/mol. The molecule has 0 unspecified atom stereocenters. The topological polar surface area (TPSA) is 54.5 Å². The molecule has 1 fully saturated rings. The fraction of sp³-hybridized carbons (Fsp3) is 0.238. The Morgan fingerprint density at radius 3 is 2.74 bits per heavy atom. The maximum atomic E-state index is 11.8. The largest absolute Gasteiger partial charge is 0.497 e. The van der Waals surface area contributed by atoms with Gasteiger partial charge in [0.2, 0.25) is 0 Å². The van der Waals surface area contributed by atoms with Gasteiger partial charge in [0.25, 0.3) is 0 Å². The molecule has 0 bridgehead atoms. The maximum Gasteiger partial charge on any atom is 0.321 e. The minimum atomic E-state index is -0.0310. The predicted molar refractivity (Wildman–Crippen MR) is 109 cm³/mol. The van der Waals surface area contributed by atoms with Crippen molar-refractivity contribution >= 4 is 23.1 Å². The lowest BCUT2D eigenvalue weighted by Gasteiger charge is -2.14. The molecule has 1 aliphatic rings. The number of carbonyl (C=O) groups excluding carboxylic acids is 1. The van der Waals surface area contributed by atoms with Crippen molar-refractivity contribution in [2.24, 2.45) is 0 Å². The number of amides is 2. The van der Waals surface area contributed by atoms with E-state index in [2.05, 4.69) is 41.5 Å². The van der Waals surface area contributed by atoms with Crippen molar-refractivity contribution in [1.29, 1.82) is 0 Å². The summed E-state index contributed by atoms with van der Waals surface area (Å²) in [6, 6.07) is 14.2. The van der Waals surface area contributed by atoms with E-state index in [-0.39, 0.29) is 6.03 Å². The maximum absolute atomic E-state index is 11.8. The molecule has 1 aromatic heterocycles. The van der Waals surface area contributed by atoms with Crippen molar-refractivity contribution in [3.05, 3.63) is 64.8 Å². The molecule has 0 aliphatic carbocycles. The highest BCUT2D eigenvalue weighted by Gasteiger charge is 2.20. The standard InChI is InChI=1S/C21H21N3O2S/c1-14-3-8-18(26-2)11-16(14)12-20-23-13-19(27-20)15-4-6-17(7-5-15)24-10-9-22-21(24)25/h3-8,11,13H,9-10,12H2,1-2H3,(H,22,25). The minimum Gasteiger partial charge on any atom is -0.497 e. The summed E-state index contributed by atoms with van der Waals surface area (Å²) >= 11 is 1.70. The zero-order chi connectivity index (χ0) is 18.8. The number of nitrogens with zero attached hydrogens (tertiary/aromatic N) is 2. The molecule has 6 heteroatoms. The fourth-order valence-electron chi connectivity index (χ4n) is 3.18. The van der Waals surface area contributed by atoms with Gasteiger partial charge in [-0.15, -0.1) is 11.3 Å². The van der Waals surface area contributed by atoms with Gasteiger partial charge in [-0.3, -0.25) is 4.90 Å². The van der Waals surface area contributed by atoms with Gasteiger partial charge in [0.1, 0.15) is 5.75 Å². The number of urea groups is 1. The molecule has 1 saturated heterocycles. The number of nitrogens with one attached hydrogen (secondary N) is 1. The highest BCUT2D eigenvalue weighted by Crippen LogP contribution is 2.30. The second kappa shape index (κ2) is 7.40. The van der Waals surface area contributed by atoms with E-state index in [4.69, 9.17) is 4.74 Å². The van der Waals surface area contributed by atoms with E-state index in [0.29, 0.717) is 13.1 Å². The molecule has 3 aromatic rings. The molecule has 1 N–H and O–H groups in total. The lowest BCUT2D eigenvalue weighted by molar-refractivity contribution is 0.252. The Labute approximate surface area is 162 Å². The Bertz CT molecular complexity index is 966. The van der Waals surface area contributed by atoms with Crippen molar-refractivity contribution < 1.29 is 9.53 Å². The molecule has 0 atom stereocenters. The van der Waals surface area contributed by atoms with Gasteiger partial charge < -0.3 is 10.1 Å². The Morgan fingerprint density at radius 1 is 1.22 bits per heavy atom. The van der Waals surface area contributed by atoms with Crippen LogP contribution in [0.2, 0.25) is 0 Å². The van der Waals surface area contributed by atoms with Crippen LogP contribution in [0.15, 0.2) is 48.7 Å². The molecule has 27 heavy (non-hydrogen) atoms. The van der Waals surface area contributed by atoms with Gasteiger partial charge in [0, 0.05) is 31.4 Å². The second-order valence-electron chi connectivity index (χ2n) is 6.52. The number of benzene rings is 2. The van der Waals surface area contributed by atoms with Gasteiger partial charge in [-0.25, -0.2) is 9.78 Å². The Morgan fingerprint density at radius 2 is 2.04 bits per heavy atom. The third kappa shape index (κ3) is 3.66. The van der Waals surface area contributed by atoms with Crippen LogP contribution in [-0.2, 0) is 6.42 Å². The van der Waals surface area contributed by atoms with Gasteiger partial charge in [0.15, 0.2) is 0 Å². The molecule has 138 valence electrons. The number of ether oxygens (including phenoxy) is 1. The first-order valence-electron chi connectivity index (χ1n) is 8.88. The quantitative estimate of drug-likeness (QED) is 0.721. The number of anilines is 1. The van der Waals surface area contributed by atoms with Crippen molar-refractivity contribution in [2.75, 3.05) is 25.1 Å². The van der Waals surface area contributed by atoms with Gasteiger partial charge in [-0.1, -0.05) is 18.2 Å². The van der Waals surface area contributed by atoms with Crippen LogP contribution in [0.1, 0.15) is 16.1 Å². The number of methoxy groups -OCH3 is 1. The number of aryl methyl sites for hydroxylation is 1. The molecule has 4 rings (SSSR count). The first-order valence-corrected chi connectivity index (χ1v) is 9.70. The molecule has 2 amide bonds. The fourth-order valence-corrected chi connectivity index (χ4v) is 4.12. The molecule has 1 aliphatic heterocycles. The summed E-state index contributed by atoms with van der Waals surface area (Å²) in [6.07, 6.45) is 2.72. The van der Waals surface area contributed by atoms with E-state index in [1.165, 1.54) is 11.1 Å². The predicted octanol–water partition coefficient (Wildman–Crippen LogP) is 4.25. The summed E-state index contributed by atoms with van der Waals surface area (Å²) in [5.74, 6) is 0.869. The van der Waals surface area contributed by atoms with Gasteiger partial charge in [0.05, 0.1) is 17.0 Å². The van der Waals surface area contributed by atoms with Crippen LogP contribution < -0.4 is 15.0 Å². The van der Waals surface area contributed by atoms with Crippen molar-refractivity contribution in [2.45, 2.75) is 13.3 Å². The average Bonchev–Trinajstić information content (AvgIpc) is 3.33. The number of hydrogen-bond donors (Lipinski definition) is 1. The molecule has 0 spiro atoms. The zero-order valence-electron chi connectivity index (χ0n) is 15.4. The van der Waals surface area contributed by atoms with Crippen LogP contribution in [0, 0.1) is 6.92 Å². The van der Waals surface area contributed by atoms with Crippen LogP contribution in [-0.4, -0.2) is 31.2 Å². The van der Waals surface area contributed by atoms with E-state index in [1.807, 2.05) is 24.4 Å². The van der Waals surface area contributed by atoms with Crippen molar-refractivity contribution in [3.8, 4) is 16.2 Å². The number of carbonyl (C=O) groups is 1. The van der Waals surface area contributed by atoms with Gasteiger partial charge >= 0.3 is 6.03 Å². The Hall–Kier alpha value is -2.86. The summed E-state index contributed by atoms with van der Waals surface area (Å²) in [7, 11) is 1.69. The van der Waals surface area contributed by atoms with E-state index in [1.54, 1.807) is 23.3 Å². The third-order valence-corrected chi connectivity index (χ3v) is 5.82. The molecule has 0 saturated carbocycles. The van der Waals surface area contributed by atoms with Gasteiger partial charge in [-0.05, 0) is 47.9 Å². The SMILES string of the molecule is COc1ccc(C)c(Cc2ncc(-c3ccc(N4CCNC4=O)cc3)s2)c1. The summed E-state index contributed by atoms with van der Waals surface area (Å²) in [6.45, 7) is 3.52. The second-order valence-corrected chi connectivity index (χ2v) is 7.63. The first kappa shape index (κ1) is 17.5. The zero-order valence-corrected chi connectivity index (χ0v) is 16.2. The first-order chi connectivity index (χ1) is 13.1. The van der Waals surface area contributed by atoms with E-state index in [9.17, 15) is 4.79 Å². The highest BCUT2D eigenvalue weighted by atomic mass is 32.1. The number of aromatic nitrogens is 1. The minimum absolute atomic E-state index is 0.0310. The molecule has 2 aromatic carbocycles. The number of hydrogen-bond acceptors (Lipinski definition) is 4. The molecule has 5 nitrogen and oxygen atoms in total. The monoisotopic (exact) mass is 379 g/mol. The highest BCUT2D eigenvalue weighted by molar-refractivity contribution is 7.15. The van der Waals surface area contributed by atoms with Crippen LogP contribution in [0.5, 0.6) is 5.75 Å². The molecular formula is C21H21N3O2S. The summed E-state index contributed by atoms with van der Waals surface area (Å²) in [5.41, 5.74) is 4.50. The molecule has 2 heterocycles. The van der Waals surface area contributed by atoms with Crippen LogP contribution in [0.3, 0.4) is 0 Å². The summed E-state index contributed by atoms with van der Waals surface area (Å²) in [5, 5.41) is 3.90. The summed E-state index contributed by atoms with van der Waals surface area (Å²) < 4.78 is 5.33. The summed E-state index contributed by atoms with van der Waals surface area (Å²) in [4.78, 5) is 19.3.